The SMILES string of the molecule is c1ccc(-c2ccc(-c3ccccc3)c(-n3c4ccccc4c4ccc5c(c6ccccc6n5-c5nc(-c6ccccc6)nc(-c6cccc7c6oc6ccccc67)n5)c43)c2)cc1. The highest BCUT2D eigenvalue weighted by Gasteiger charge is 2.25. The summed E-state index contributed by atoms with van der Waals surface area (Å²) in [5.41, 5.74) is 13.2. The Morgan fingerprint density at radius 2 is 0.968 bits per heavy atom. The molecule has 0 saturated heterocycles. The van der Waals surface area contributed by atoms with E-state index in [4.69, 9.17) is 19.4 Å². The average Bonchev–Trinajstić information content (AvgIpc) is 4.02. The number of para-hydroxylation sites is 4. The third-order valence-corrected chi connectivity index (χ3v) is 12.4. The molecule has 13 aromatic rings. The maximum absolute atomic E-state index is 6.56. The first-order chi connectivity index (χ1) is 31.3. The minimum atomic E-state index is 0.524. The van der Waals surface area contributed by atoms with Crippen LogP contribution in [0.4, 0.5) is 0 Å². The van der Waals surface area contributed by atoms with E-state index in [-0.39, 0.29) is 0 Å². The predicted octanol–water partition coefficient (Wildman–Crippen LogP) is 14.6. The molecule has 0 fully saturated rings. The van der Waals surface area contributed by atoms with Crippen LogP contribution in [0.5, 0.6) is 0 Å². The molecule has 0 unspecified atom stereocenters. The van der Waals surface area contributed by atoms with Crippen molar-refractivity contribution < 1.29 is 4.42 Å². The Morgan fingerprint density at radius 3 is 1.75 bits per heavy atom. The molecule has 9 aromatic carbocycles. The first kappa shape index (κ1) is 35.2. The summed E-state index contributed by atoms with van der Waals surface area (Å²) in [6.45, 7) is 0. The smallest absolute Gasteiger partial charge is 0.238 e. The fraction of sp³-hybridized carbons (Fsp3) is 0. The first-order valence-electron chi connectivity index (χ1n) is 21.2. The van der Waals surface area contributed by atoms with Gasteiger partial charge in [0.15, 0.2) is 11.6 Å². The van der Waals surface area contributed by atoms with E-state index in [9.17, 15) is 0 Å². The summed E-state index contributed by atoms with van der Waals surface area (Å²) >= 11 is 0. The number of hydrogen-bond acceptors (Lipinski definition) is 4. The van der Waals surface area contributed by atoms with Gasteiger partial charge in [-0.1, -0.05) is 176 Å². The lowest BCUT2D eigenvalue weighted by atomic mass is 9.97. The van der Waals surface area contributed by atoms with Crippen LogP contribution in [0.2, 0.25) is 0 Å². The Kier molecular flexibility index (Phi) is 7.80. The van der Waals surface area contributed by atoms with Crippen LogP contribution < -0.4 is 0 Å². The van der Waals surface area contributed by atoms with Crippen molar-refractivity contribution >= 4 is 65.6 Å². The number of hydrogen-bond donors (Lipinski definition) is 0. The zero-order valence-corrected chi connectivity index (χ0v) is 33.9. The molecule has 0 spiro atoms. The van der Waals surface area contributed by atoms with Crippen LogP contribution in [0, 0.1) is 0 Å². The van der Waals surface area contributed by atoms with Crippen molar-refractivity contribution in [1.29, 1.82) is 0 Å². The van der Waals surface area contributed by atoms with Crippen LogP contribution in [0.3, 0.4) is 0 Å². The van der Waals surface area contributed by atoms with Crippen LogP contribution in [-0.2, 0) is 0 Å². The second-order valence-corrected chi connectivity index (χ2v) is 16.0. The number of benzene rings is 9. The lowest BCUT2D eigenvalue weighted by Crippen LogP contribution is -2.06. The summed E-state index contributed by atoms with van der Waals surface area (Å²) in [6.07, 6.45) is 0. The molecule has 0 atom stereocenters. The zero-order chi connectivity index (χ0) is 41.4. The topological polar surface area (TPSA) is 61.7 Å². The lowest BCUT2D eigenvalue weighted by Gasteiger charge is -2.17. The van der Waals surface area contributed by atoms with Crippen molar-refractivity contribution in [2.75, 3.05) is 0 Å². The molecule has 0 amide bonds. The summed E-state index contributed by atoms with van der Waals surface area (Å²) in [5.74, 6) is 1.64. The number of fused-ring (bicyclic) bond motifs is 10. The van der Waals surface area contributed by atoms with Gasteiger partial charge in [0.05, 0.1) is 33.3 Å². The van der Waals surface area contributed by atoms with Gasteiger partial charge in [0.2, 0.25) is 5.95 Å². The largest absolute Gasteiger partial charge is 0.455 e. The molecule has 63 heavy (non-hydrogen) atoms. The second kappa shape index (κ2) is 14.0. The molecule has 0 radical (unpaired) electrons. The summed E-state index contributed by atoms with van der Waals surface area (Å²) < 4.78 is 11.2. The van der Waals surface area contributed by atoms with E-state index in [1.54, 1.807) is 0 Å². The number of nitrogens with zero attached hydrogens (tertiary/aromatic N) is 5. The van der Waals surface area contributed by atoms with Crippen LogP contribution in [0.15, 0.2) is 217 Å². The van der Waals surface area contributed by atoms with Crippen LogP contribution >= 0.6 is 0 Å². The van der Waals surface area contributed by atoms with Gasteiger partial charge in [0.1, 0.15) is 11.2 Å². The molecule has 0 aliphatic heterocycles. The molecule has 6 heteroatoms. The molecular formula is C57H35N5O. The Balaban J connectivity index is 1.14. The van der Waals surface area contributed by atoms with Crippen LogP contribution in [-0.4, -0.2) is 24.1 Å². The van der Waals surface area contributed by atoms with E-state index in [0.717, 1.165) is 88.3 Å². The Bertz CT molecular complexity index is 3900. The minimum Gasteiger partial charge on any atom is -0.455 e. The number of aromatic nitrogens is 5. The molecule has 4 heterocycles. The van der Waals surface area contributed by atoms with Gasteiger partial charge in [-0.25, -0.2) is 4.98 Å². The van der Waals surface area contributed by atoms with Crippen molar-refractivity contribution in [2.45, 2.75) is 0 Å². The zero-order valence-electron chi connectivity index (χ0n) is 33.9. The quantitative estimate of drug-likeness (QED) is 0.168. The maximum atomic E-state index is 6.56. The highest BCUT2D eigenvalue weighted by molar-refractivity contribution is 6.26. The minimum absolute atomic E-state index is 0.524. The molecule has 294 valence electrons. The van der Waals surface area contributed by atoms with Gasteiger partial charge in [-0.2, -0.15) is 9.97 Å². The molecule has 0 saturated carbocycles. The fourth-order valence-electron chi connectivity index (χ4n) is 9.59. The van der Waals surface area contributed by atoms with Crippen molar-refractivity contribution in [1.82, 2.24) is 24.1 Å². The number of furan rings is 1. The summed E-state index contributed by atoms with van der Waals surface area (Å²) in [7, 11) is 0. The van der Waals surface area contributed by atoms with E-state index in [1.165, 1.54) is 16.3 Å². The van der Waals surface area contributed by atoms with E-state index in [1.807, 2.05) is 54.6 Å². The summed E-state index contributed by atoms with van der Waals surface area (Å²) in [6, 6.07) is 74.6. The van der Waals surface area contributed by atoms with Crippen molar-refractivity contribution in [3.63, 3.8) is 0 Å². The Hall–Kier alpha value is -8.61. The summed E-state index contributed by atoms with van der Waals surface area (Å²) in [5, 5.41) is 6.64. The normalized spacial score (nSPS) is 11.8. The molecule has 13 rings (SSSR count). The standard InChI is InChI=1S/C57H35N5O/c1-4-17-36(18-5-1)39-31-32-40(37-19-6-2-7-20-37)50(35-39)61-47-28-13-10-23-41(47)43-33-34-49-52(53(43)61)45-25-11-14-29-48(45)62(49)57-59-55(38-21-8-3-9-22-38)58-56(60-57)46-27-16-26-44-42-24-12-15-30-51(42)63-54(44)46/h1-35H. The van der Waals surface area contributed by atoms with Gasteiger partial charge in [-0.3, -0.25) is 4.57 Å². The monoisotopic (exact) mass is 805 g/mol. The average molecular weight is 806 g/mol. The van der Waals surface area contributed by atoms with Crippen molar-refractivity contribution in [3.05, 3.63) is 212 Å². The molecule has 0 bridgehead atoms. The van der Waals surface area contributed by atoms with Gasteiger partial charge in [0.25, 0.3) is 0 Å². The Morgan fingerprint density at radius 1 is 0.349 bits per heavy atom. The van der Waals surface area contributed by atoms with Gasteiger partial charge in [-0.15, -0.1) is 0 Å². The third kappa shape index (κ3) is 5.48. The first-order valence-corrected chi connectivity index (χ1v) is 21.2. The Labute approximate surface area is 361 Å². The van der Waals surface area contributed by atoms with Gasteiger partial charge in [0, 0.05) is 43.4 Å². The molecular weight excluding hydrogens is 771 g/mol. The van der Waals surface area contributed by atoms with Gasteiger partial charge >= 0.3 is 0 Å². The van der Waals surface area contributed by atoms with Gasteiger partial charge < -0.3 is 8.98 Å². The van der Waals surface area contributed by atoms with Crippen molar-refractivity contribution in [3.8, 4) is 56.7 Å². The highest BCUT2D eigenvalue weighted by Crippen LogP contribution is 2.44. The van der Waals surface area contributed by atoms with Crippen LogP contribution in [0.25, 0.3) is 122 Å². The molecule has 0 N–H and O–H groups in total. The van der Waals surface area contributed by atoms with Gasteiger partial charge in [-0.05, 0) is 53.1 Å². The second-order valence-electron chi connectivity index (χ2n) is 16.0. The molecule has 6 nitrogen and oxygen atoms in total. The molecule has 0 aliphatic carbocycles. The lowest BCUT2D eigenvalue weighted by molar-refractivity contribution is 0.669. The molecule has 0 aliphatic rings. The van der Waals surface area contributed by atoms with E-state index in [2.05, 4.69) is 167 Å². The van der Waals surface area contributed by atoms with E-state index < -0.39 is 0 Å². The number of rotatable bonds is 6. The predicted molar refractivity (Wildman–Crippen MR) is 258 cm³/mol. The van der Waals surface area contributed by atoms with Crippen molar-refractivity contribution in [2.24, 2.45) is 0 Å². The summed E-state index contributed by atoms with van der Waals surface area (Å²) in [4.78, 5) is 15.8. The highest BCUT2D eigenvalue weighted by atomic mass is 16.3. The fourth-order valence-corrected chi connectivity index (χ4v) is 9.59. The third-order valence-electron chi connectivity index (χ3n) is 12.4. The molecule has 4 aromatic heterocycles. The van der Waals surface area contributed by atoms with E-state index >= 15 is 0 Å². The van der Waals surface area contributed by atoms with Crippen LogP contribution in [0.1, 0.15) is 0 Å². The maximum Gasteiger partial charge on any atom is 0.238 e. The van der Waals surface area contributed by atoms with E-state index in [0.29, 0.717) is 17.6 Å².